The number of methoxy groups -OCH3 is 1. The maximum Gasteiger partial charge on any atom is 0.193 e. The summed E-state index contributed by atoms with van der Waals surface area (Å²) in [5, 5.41) is 3.34. The fraction of sp³-hybridized carbons (Fsp3) is 0.611. The zero-order chi connectivity index (χ0) is 18.1. The Morgan fingerprint density at radius 1 is 1.42 bits per heavy atom. The molecular weight excluding hydrogens is 516 g/mol. The lowest BCUT2D eigenvalue weighted by Crippen LogP contribution is -2.41. The maximum absolute atomic E-state index is 13.8. The van der Waals surface area contributed by atoms with E-state index in [9.17, 15) is 4.39 Å². The highest BCUT2D eigenvalue weighted by molar-refractivity contribution is 14.0. The molecule has 8 heteroatoms. The molecule has 1 aromatic carbocycles. The molecule has 1 aromatic rings. The van der Waals surface area contributed by atoms with Crippen LogP contribution in [0, 0.1) is 11.7 Å². The zero-order valence-electron chi connectivity index (χ0n) is 15.3. The summed E-state index contributed by atoms with van der Waals surface area (Å²) < 4.78 is 25.3. The molecule has 0 radical (unpaired) electrons. The van der Waals surface area contributed by atoms with Crippen molar-refractivity contribution in [2.45, 2.75) is 12.8 Å². The van der Waals surface area contributed by atoms with Crippen LogP contribution < -0.4 is 5.32 Å². The van der Waals surface area contributed by atoms with Crippen LogP contribution in [0.3, 0.4) is 0 Å². The van der Waals surface area contributed by atoms with Crippen LogP contribution in [0.1, 0.15) is 12.0 Å². The van der Waals surface area contributed by atoms with Crippen molar-refractivity contribution < 1.29 is 13.9 Å². The van der Waals surface area contributed by atoms with Gasteiger partial charge in [0.2, 0.25) is 0 Å². The highest BCUT2D eigenvalue weighted by atomic mass is 127. The Morgan fingerprint density at radius 2 is 2.23 bits per heavy atom. The van der Waals surface area contributed by atoms with E-state index in [4.69, 9.17) is 9.47 Å². The van der Waals surface area contributed by atoms with Gasteiger partial charge in [0.15, 0.2) is 5.96 Å². The number of hydrogen-bond donors (Lipinski definition) is 1. The number of nitrogens with one attached hydrogen (secondary N) is 1. The van der Waals surface area contributed by atoms with Gasteiger partial charge < -0.3 is 19.7 Å². The molecule has 5 nitrogen and oxygen atoms in total. The topological polar surface area (TPSA) is 46.1 Å². The Bertz CT molecular complexity index is 577. The van der Waals surface area contributed by atoms with Crippen LogP contribution in [0.5, 0.6) is 0 Å². The fourth-order valence-electron chi connectivity index (χ4n) is 2.93. The van der Waals surface area contributed by atoms with Gasteiger partial charge in [0, 0.05) is 44.2 Å². The molecule has 0 bridgehead atoms. The van der Waals surface area contributed by atoms with Crippen molar-refractivity contribution in [3.05, 3.63) is 34.1 Å². The summed E-state index contributed by atoms with van der Waals surface area (Å²) in [5.41, 5.74) is 0.697. The lowest BCUT2D eigenvalue weighted by Gasteiger charge is -2.22. The predicted molar refractivity (Wildman–Crippen MR) is 117 cm³/mol. The molecule has 1 saturated heterocycles. The van der Waals surface area contributed by atoms with Crippen LogP contribution in [0.2, 0.25) is 0 Å². The molecule has 1 aliphatic rings. The Hall–Kier alpha value is -0.450. The molecule has 0 aromatic heterocycles. The summed E-state index contributed by atoms with van der Waals surface area (Å²) in [7, 11) is 3.46. The largest absolute Gasteiger partial charge is 0.382 e. The SMILES string of the molecule is CN=C(NCCc1cc(Br)ccc1F)N1CCC(COCCOC)C1.I. The first-order valence-corrected chi connectivity index (χ1v) is 9.39. The average molecular weight is 544 g/mol. The first-order valence-electron chi connectivity index (χ1n) is 8.60. The van der Waals surface area contributed by atoms with Crippen LogP contribution in [0.25, 0.3) is 0 Å². The third kappa shape index (κ3) is 7.66. The predicted octanol–water partition coefficient (Wildman–Crippen LogP) is 3.31. The summed E-state index contributed by atoms with van der Waals surface area (Å²) in [5.74, 6) is 1.21. The maximum atomic E-state index is 13.8. The molecule has 1 N–H and O–H groups in total. The quantitative estimate of drug-likeness (QED) is 0.236. The van der Waals surface area contributed by atoms with Gasteiger partial charge in [-0.2, -0.15) is 0 Å². The van der Waals surface area contributed by atoms with E-state index in [-0.39, 0.29) is 29.8 Å². The number of benzene rings is 1. The van der Waals surface area contributed by atoms with E-state index >= 15 is 0 Å². The molecule has 1 atom stereocenters. The van der Waals surface area contributed by atoms with E-state index in [1.807, 2.05) is 6.07 Å². The van der Waals surface area contributed by atoms with Crippen molar-refractivity contribution in [3.63, 3.8) is 0 Å². The molecule has 1 aliphatic heterocycles. The number of hydrogen-bond acceptors (Lipinski definition) is 3. The van der Waals surface area contributed by atoms with Gasteiger partial charge in [-0.15, -0.1) is 24.0 Å². The second-order valence-electron chi connectivity index (χ2n) is 6.13. The van der Waals surface area contributed by atoms with Crippen LogP contribution in [-0.4, -0.2) is 64.5 Å². The Morgan fingerprint density at radius 3 is 2.96 bits per heavy atom. The highest BCUT2D eigenvalue weighted by Gasteiger charge is 2.24. The summed E-state index contributed by atoms with van der Waals surface area (Å²) in [6, 6.07) is 5.02. The number of guanidine groups is 1. The zero-order valence-corrected chi connectivity index (χ0v) is 19.3. The second kappa shape index (κ2) is 12.9. The third-order valence-corrected chi connectivity index (χ3v) is 4.76. The van der Waals surface area contributed by atoms with Gasteiger partial charge in [0.1, 0.15) is 5.82 Å². The van der Waals surface area contributed by atoms with E-state index in [0.717, 1.165) is 36.5 Å². The van der Waals surface area contributed by atoms with E-state index < -0.39 is 0 Å². The van der Waals surface area contributed by atoms with Gasteiger partial charge in [-0.3, -0.25) is 4.99 Å². The molecule has 0 amide bonds. The number of halogens is 3. The first kappa shape index (κ1) is 23.6. The first-order chi connectivity index (χ1) is 12.1. The number of ether oxygens (including phenoxy) is 2. The second-order valence-corrected chi connectivity index (χ2v) is 7.04. The molecule has 1 fully saturated rings. The Kier molecular flexibility index (Phi) is 11.7. The molecular formula is C18H28BrFIN3O2. The molecule has 26 heavy (non-hydrogen) atoms. The van der Waals surface area contributed by atoms with Crippen LogP contribution in [0.15, 0.2) is 27.7 Å². The van der Waals surface area contributed by atoms with Crippen LogP contribution in [-0.2, 0) is 15.9 Å². The normalized spacial score (nSPS) is 17.3. The minimum absolute atomic E-state index is 0. The van der Waals surface area contributed by atoms with Crippen molar-refractivity contribution in [1.29, 1.82) is 0 Å². The van der Waals surface area contributed by atoms with Gasteiger partial charge in [0.05, 0.1) is 19.8 Å². The minimum atomic E-state index is -0.172. The number of aliphatic imine (C=N–C) groups is 1. The minimum Gasteiger partial charge on any atom is -0.382 e. The summed E-state index contributed by atoms with van der Waals surface area (Å²) in [4.78, 5) is 6.59. The molecule has 0 aliphatic carbocycles. The number of nitrogens with zero attached hydrogens (tertiary/aromatic N) is 2. The van der Waals surface area contributed by atoms with Gasteiger partial charge in [-0.05, 0) is 36.6 Å². The van der Waals surface area contributed by atoms with Crippen molar-refractivity contribution in [2.24, 2.45) is 10.9 Å². The summed E-state index contributed by atoms with van der Waals surface area (Å²) in [6.07, 6.45) is 1.70. The number of rotatable bonds is 8. The number of likely N-dealkylation sites (tertiary alicyclic amines) is 1. The molecule has 1 unspecified atom stereocenters. The van der Waals surface area contributed by atoms with E-state index in [2.05, 4.69) is 31.1 Å². The van der Waals surface area contributed by atoms with E-state index in [0.29, 0.717) is 37.7 Å². The van der Waals surface area contributed by atoms with Crippen molar-refractivity contribution in [2.75, 3.05) is 53.6 Å². The summed E-state index contributed by atoms with van der Waals surface area (Å²) in [6.45, 7) is 4.55. The van der Waals surface area contributed by atoms with Crippen LogP contribution >= 0.6 is 39.9 Å². The van der Waals surface area contributed by atoms with Crippen molar-refractivity contribution >= 4 is 45.9 Å². The molecule has 1 heterocycles. The molecule has 0 spiro atoms. The van der Waals surface area contributed by atoms with Crippen molar-refractivity contribution in [1.82, 2.24) is 10.2 Å². The molecule has 0 saturated carbocycles. The monoisotopic (exact) mass is 543 g/mol. The highest BCUT2D eigenvalue weighted by Crippen LogP contribution is 2.17. The van der Waals surface area contributed by atoms with Crippen LogP contribution in [0.4, 0.5) is 4.39 Å². The molecule has 148 valence electrons. The summed E-state index contributed by atoms with van der Waals surface area (Å²) >= 11 is 3.38. The van der Waals surface area contributed by atoms with Gasteiger partial charge in [-0.1, -0.05) is 15.9 Å². The molecule has 2 rings (SSSR count). The smallest absolute Gasteiger partial charge is 0.193 e. The van der Waals surface area contributed by atoms with Gasteiger partial charge in [0.25, 0.3) is 0 Å². The van der Waals surface area contributed by atoms with Gasteiger partial charge in [-0.25, -0.2) is 4.39 Å². The Labute approximate surface area is 180 Å². The Balaban J connectivity index is 0.00000338. The third-order valence-electron chi connectivity index (χ3n) is 4.27. The lowest BCUT2D eigenvalue weighted by atomic mass is 10.1. The standard InChI is InChI=1S/C18H27BrFN3O2.HI/c1-21-18(22-7-5-15-11-16(19)3-4-17(15)20)23-8-6-14(12-23)13-25-10-9-24-2;/h3-4,11,14H,5-10,12-13H2,1-2H3,(H,21,22);1H. The fourth-order valence-corrected chi connectivity index (χ4v) is 3.34. The lowest BCUT2D eigenvalue weighted by molar-refractivity contribution is 0.0536. The van der Waals surface area contributed by atoms with E-state index in [1.54, 1.807) is 20.2 Å². The average Bonchev–Trinajstić information content (AvgIpc) is 3.07. The van der Waals surface area contributed by atoms with Crippen molar-refractivity contribution in [3.8, 4) is 0 Å². The van der Waals surface area contributed by atoms with Gasteiger partial charge >= 0.3 is 0 Å². The van der Waals surface area contributed by atoms with E-state index in [1.165, 1.54) is 6.07 Å².